The number of piperazine rings is 1. The van der Waals surface area contributed by atoms with Crippen molar-refractivity contribution < 1.29 is 18.7 Å². The molecule has 1 saturated heterocycles. The molecular weight excluding hydrogens is 411 g/mol. The number of methoxy groups -OCH3 is 1. The van der Waals surface area contributed by atoms with Gasteiger partial charge in [-0.1, -0.05) is 12.1 Å². The minimum atomic E-state index is -0.372. The maximum Gasteiger partial charge on any atom is 0.257 e. The van der Waals surface area contributed by atoms with E-state index in [0.29, 0.717) is 36.6 Å². The van der Waals surface area contributed by atoms with Crippen molar-refractivity contribution in [3.8, 4) is 17.2 Å². The number of aromatic nitrogens is 2. The van der Waals surface area contributed by atoms with E-state index in [1.165, 1.54) is 16.9 Å². The molecule has 0 aliphatic carbocycles. The van der Waals surface area contributed by atoms with Crippen LogP contribution in [-0.4, -0.2) is 71.9 Å². The minimum Gasteiger partial charge on any atom is -0.497 e. The predicted molar refractivity (Wildman–Crippen MR) is 119 cm³/mol. The summed E-state index contributed by atoms with van der Waals surface area (Å²) in [5.74, 6) is 1.16. The van der Waals surface area contributed by atoms with E-state index in [1.54, 1.807) is 32.2 Å². The van der Waals surface area contributed by atoms with Gasteiger partial charge < -0.3 is 14.4 Å². The monoisotopic (exact) mass is 438 g/mol. The summed E-state index contributed by atoms with van der Waals surface area (Å²) in [4.78, 5) is 17.1. The highest BCUT2D eigenvalue weighted by Crippen LogP contribution is 2.19. The fourth-order valence-electron chi connectivity index (χ4n) is 3.80. The largest absolute Gasteiger partial charge is 0.497 e. The molecule has 0 radical (unpaired) electrons. The van der Waals surface area contributed by atoms with Gasteiger partial charge in [0.1, 0.15) is 29.6 Å². The van der Waals surface area contributed by atoms with Crippen molar-refractivity contribution in [3.63, 3.8) is 0 Å². The molecule has 8 heteroatoms. The number of carbonyl (C=O) groups is 1. The van der Waals surface area contributed by atoms with Crippen LogP contribution in [0.25, 0.3) is 5.69 Å². The van der Waals surface area contributed by atoms with Gasteiger partial charge in [-0.3, -0.25) is 9.69 Å². The van der Waals surface area contributed by atoms with Crippen LogP contribution in [0.4, 0.5) is 4.39 Å². The molecule has 2 heterocycles. The summed E-state index contributed by atoms with van der Waals surface area (Å²) in [6.45, 7) is 5.97. The van der Waals surface area contributed by atoms with Gasteiger partial charge in [-0.05, 0) is 43.3 Å². The number of ether oxygens (including phenoxy) is 2. The number of amides is 1. The molecule has 168 valence electrons. The molecule has 0 atom stereocenters. The van der Waals surface area contributed by atoms with Crippen molar-refractivity contribution in [2.24, 2.45) is 0 Å². The number of rotatable bonds is 7. The van der Waals surface area contributed by atoms with Crippen molar-refractivity contribution >= 4 is 5.91 Å². The minimum absolute atomic E-state index is 0.0702. The summed E-state index contributed by atoms with van der Waals surface area (Å²) < 4.78 is 26.6. The SMILES string of the molecule is COc1ccc(OCCN2CCN(C(=O)c3cnn(-c4ccccc4F)c3C)CC2)cc1. The number of benzene rings is 2. The lowest BCUT2D eigenvalue weighted by Gasteiger charge is -2.34. The van der Waals surface area contributed by atoms with Gasteiger partial charge in [-0.25, -0.2) is 9.07 Å². The summed E-state index contributed by atoms with van der Waals surface area (Å²) in [5.41, 5.74) is 1.48. The zero-order valence-corrected chi connectivity index (χ0v) is 18.3. The first-order chi connectivity index (χ1) is 15.6. The fraction of sp³-hybridized carbons (Fsp3) is 0.333. The van der Waals surface area contributed by atoms with Crippen LogP contribution in [0, 0.1) is 12.7 Å². The Morgan fingerprint density at radius 1 is 1.03 bits per heavy atom. The van der Waals surface area contributed by atoms with Crippen LogP contribution in [0.2, 0.25) is 0 Å². The van der Waals surface area contributed by atoms with Crippen LogP contribution >= 0.6 is 0 Å². The molecule has 1 aliphatic rings. The third-order valence-electron chi connectivity index (χ3n) is 5.72. The standard InChI is InChI=1S/C24H27FN4O3/c1-18-21(17-26-29(18)23-6-4-3-5-22(23)25)24(30)28-13-11-27(12-14-28)15-16-32-20-9-7-19(31-2)8-10-20/h3-10,17H,11-16H2,1-2H3. The van der Waals surface area contributed by atoms with Gasteiger partial charge in [0.05, 0.1) is 24.6 Å². The smallest absolute Gasteiger partial charge is 0.257 e. The Labute approximate surface area is 187 Å². The Morgan fingerprint density at radius 3 is 2.41 bits per heavy atom. The van der Waals surface area contributed by atoms with Crippen LogP contribution in [0.1, 0.15) is 16.1 Å². The van der Waals surface area contributed by atoms with Gasteiger partial charge in [-0.2, -0.15) is 5.10 Å². The first-order valence-electron chi connectivity index (χ1n) is 10.6. The van der Waals surface area contributed by atoms with Gasteiger partial charge in [0.2, 0.25) is 0 Å². The quantitative estimate of drug-likeness (QED) is 0.567. The van der Waals surface area contributed by atoms with Crippen LogP contribution in [0.3, 0.4) is 0 Å². The van der Waals surface area contributed by atoms with Gasteiger partial charge in [-0.15, -0.1) is 0 Å². The molecule has 1 fully saturated rings. The molecule has 0 N–H and O–H groups in total. The van der Waals surface area contributed by atoms with E-state index >= 15 is 0 Å². The van der Waals surface area contributed by atoms with Crippen molar-refractivity contribution in [1.82, 2.24) is 19.6 Å². The second kappa shape index (κ2) is 9.82. The first kappa shape index (κ1) is 21.8. The van der Waals surface area contributed by atoms with Crippen molar-refractivity contribution in [3.05, 3.63) is 71.8 Å². The lowest BCUT2D eigenvalue weighted by molar-refractivity contribution is 0.0619. The Bertz CT molecular complexity index is 1060. The summed E-state index contributed by atoms with van der Waals surface area (Å²) in [5, 5.41) is 4.25. The topological polar surface area (TPSA) is 59.8 Å². The number of carbonyl (C=O) groups excluding carboxylic acids is 1. The van der Waals surface area contributed by atoms with E-state index in [9.17, 15) is 9.18 Å². The number of hydrogen-bond donors (Lipinski definition) is 0. The fourth-order valence-corrected chi connectivity index (χ4v) is 3.80. The molecule has 2 aromatic carbocycles. The van der Waals surface area contributed by atoms with Crippen LogP contribution in [-0.2, 0) is 0 Å². The van der Waals surface area contributed by atoms with Crippen LogP contribution in [0.5, 0.6) is 11.5 Å². The number of halogens is 1. The molecule has 7 nitrogen and oxygen atoms in total. The average Bonchev–Trinajstić information content (AvgIpc) is 3.21. The van der Waals surface area contributed by atoms with Crippen LogP contribution in [0.15, 0.2) is 54.7 Å². The Kier molecular flexibility index (Phi) is 6.70. The molecule has 1 amide bonds. The molecule has 0 spiro atoms. The van der Waals surface area contributed by atoms with E-state index in [4.69, 9.17) is 9.47 Å². The second-order valence-electron chi connectivity index (χ2n) is 7.66. The number of para-hydroxylation sites is 1. The Morgan fingerprint density at radius 2 is 1.72 bits per heavy atom. The zero-order valence-electron chi connectivity index (χ0n) is 18.3. The highest BCUT2D eigenvalue weighted by atomic mass is 19.1. The normalized spacial score (nSPS) is 14.4. The van der Waals surface area contributed by atoms with E-state index in [-0.39, 0.29) is 11.7 Å². The lowest BCUT2D eigenvalue weighted by Crippen LogP contribution is -2.49. The van der Waals surface area contributed by atoms with Gasteiger partial charge in [0.15, 0.2) is 0 Å². The maximum absolute atomic E-state index is 14.1. The predicted octanol–water partition coefficient (Wildman–Crippen LogP) is 3.17. The summed E-state index contributed by atoms with van der Waals surface area (Å²) >= 11 is 0. The van der Waals surface area contributed by atoms with Gasteiger partial charge in [0.25, 0.3) is 5.91 Å². The first-order valence-corrected chi connectivity index (χ1v) is 10.6. The third-order valence-corrected chi connectivity index (χ3v) is 5.72. The van der Waals surface area contributed by atoms with Gasteiger partial charge >= 0.3 is 0 Å². The molecule has 32 heavy (non-hydrogen) atoms. The van der Waals surface area contributed by atoms with Crippen molar-refractivity contribution in [2.75, 3.05) is 46.4 Å². The summed E-state index contributed by atoms with van der Waals surface area (Å²) in [7, 11) is 1.64. The lowest BCUT2D eigenvalue weighted by atomic mass is 10.2. The molecule has 0 saturated carbocycles. The highest BCUT2D eigenvalue weighted by Gasteiger charge is 2.25. The molecule has 3 aromatic rings. The molecule has 1 aromatic heterocycles. The third kappa shape index (κ3) is 4.75. The summed E-state index contributed by atoms with van der Waals surface area (Å²) in [6.07, 6.45) is 1.53. The van der Waals surface area contributed by atoms with Crippen molar-refractivity contribution in [2.45, 2.75) is 6.92 Å². The second-order valence-corrected chi connectivity index (χ2v) is 7.66. The highest BCUT2D eigenvalue weighted by molar-refractivity contribution is 5.95. The van der Waals surface area contributed by atoms with E-state index in [2.05, 4.69) is 10.00 Å². The molecular formula is C24H27FN4O3. The maximum atomic E-state index is 14.1. The Balaban J connectivity index is 1.29. The van der Waals surface area contributed by atoms with Gasteiger partial charge in [0, 0.05) is 32.7 Å². The van der Waals surface area contributed by atoms with E-state index < -0.39 is 0 Å². The number of hydrogen-bond acceptors (Lipinski definition) is 5. The molecule has 4 rings (SSSR count). The molecule has 0 bridgehead atoms. The zero-order chi connectivity index (χ0) is 22.5. The van der Waals surface area contributed by atoms with Crippen LogP contribution < -0.4 is 9.47 Å². The molecule has 0 unspecified atom stereocenters. The Hall–Kier alpha value is -3.39. The van der Waals surface area contributed by atoms with E-state index in [1.807, 2.05) is 29.2 Å². The molecule has 1 aliphatic heterocycles. The number of nitrogens with zero attached hydrogens (tertiary/aromatic N) is 4. The summed E-state index contributed by atoms with van der Waals surface area (Å²) in [6, 6.07) is 13.9. The van der Waals surface area contributed by atoms with E-state index in [0.717, 1.165) is 31.1 Å². The average molecular weight is 439 g/mol. The van der Waals surface area contributed by atoms with Crippen molar-refractivity contribution in [1.29, 1.82) is 0 Å².